The van der Waals surface area contributed by atoms with Crippen LogP contribution >= 0.6 is 0 Å². The maximum atomic E-state index is 12.4. The largest absolute Gasteiger partial charge is 0.468 e. The SMILES string of the molecule is CCCNC(=O)[C@@H](C)OC(=O)c1cccc(S(=O)(=O)NCc2ccco2)c1. The molecule has 8 nitrogen and oxygen atoms in total. The number of hydrogen-bond acceptors (Lipinski definition) is 6. The highest BCUT2D eigenvalue weighted by atomic mass is 32.2. The molecule has 1 amide bonds. The van der Waals surface area contributed by atoms with Crippen molar-refractivity contribution in [2.45, 2.75) is 37.8 Å². The second-order valence-corrected chi connectivity index (χ2v) is 7.54. The van der Waals surface area contributed by atoms with E-state index in [-0.39, 0.29) is 17.0 Å². The summed E-state index contributed by atoms with van der Waals surface area (Å²) in [6, 6.07) is 8.70. The minimum atomic E-state index is -3.85. The first kappa shape index (κ1) is 20.7. The number of carbonyl (C=O) groups is 2. The number of ether oxygens (including phenoxy) is 1. The predicted molar refractivity (Wildman–Crippen MR) is 97.4 cm³/mol. The Morgan fingerprint density at radius 2 is 2.00 bits per heavy atom. The summed E-state index contributed by atoms with van der Waals surface area (Å²) < 4.78 is 37.3. The van der Waals surface area contributed by atoms with Crippen LogP contribution in [0.2, 0.25) is 0 Å². The van der Waals surface area contributed by atoms with E-state index in [2.05, 4.69) is 10.0 Å². The second kappa shape index (κ2) is 9.33. The van der Waals surface area contributed by atoms with Crippen LogP contribution in [0.15, 0.2) is 52.0 Å². The van der Waals surface area contributed by atoms with Crippen molar-refractivity contribution in [3.05, 3.63) is 54.0 Å². The van der Waals surface area contributed by atoms with Gasteiger partial charge >= 0.3 is 5.97 Å². The Morgan fingerprint density at radius 1 is 1.22 bits per heavy atom. The molecule has 0 aliphatic heterocycles. The first-order valence-corrected chi connectivity index (χ1v) is 9.92. The van der Waals surface area contributed by atoms with Crippen LogP contribution < -0.4 is 10.0 Å². The van der Waals surface area contributed by atoms with Gasteiger partial charge in [0.15, 0.2) is 6.10 Å². The van der Waals surface area contributed by atoms with Gasteiger partial charge in [-0.15, -0.1) is 0 Å². The Bertz CT molecular complexity index is 877. The van der Waals surface area contributed by atoms with Crippen molar-refractivity contribution in [1.29, 1.82) is 0 Å². The average Bonchev–Trinajstić information content (AvgIpc) is 3.18. The Hall–Kier alpha value is -2.65. The first-order valence-electron chi connectivity index (χ1n) is 8.44. The molecule has 1 aromatic heterocycles. The van der Waals surface area contributed by atoms with Crippen molar-refractivity contribution in [1.82, 2.24) is 10.0 Å². The number of rotatable bonds is 9. The van der Waals surface area contributed by atoms with Crippen molar-refractivity contribution in [3.8, 4) is 0 Å². The smallest absolute Gasteiger partial charge is 0.338 e. The Labute approximate surface area is 157 Å². The van der Waals surface area contributed by atoms with Crippen LogP contribution in [-0.4, -0.2) is 32.9 Å². The fourth-order valence-electron chi connectivity index (χ4n) is 2.13. The summed E-state index contributed by atoms with van der Waals surface area (Å²) in [5, 5.41) is 2.62. The topological polar surface area (TPSA) is 115 Å². The minimum absolute atomic E-state index is 0.0152. The summed E-state index contributed by atoms with van der Waals surface area (Å²) in [6.07, 6.45) is 1.22. The fourth-order valence-corrected chi connectivity index (χ4v) is 3.17. The van der Waals surface area contributed by atoms with Gasteiger partial charge in [0.05, 0.1) is 23.3 Å². The summed E-state index contributed by atoms with van der Waals surface area (Å²) in [5.41, 5.74) is 0.0333. The molecule has 9 heteroatoms. The van der Waals surface area contributed by atoms with Crippen molar-refractivity contribution < 1.29 is 27.2 Å². The van der Waals surface area contributed by atoms with Gasteiger partial charge in [0.25, 0.3) is 5.91 Å². The highest BCUT2D eigenvalue weighted by molar-refractivity contribution is 7.89. The van der Waals surface area contributed by atoms with Crippen molar-refractivity contribution in [2.24, 2.45) is 0 Å². The molecule has 27 heavy (non-hydrogen) atoms. The summed E-state index contributed by atoms with van der Waals surface area (Å²) in [5.74, 6) is -0.729. The van der Waals surface area contributed by atoms with E-state index >= 15 is 0 Å². The predicted octanol–water partition coefficient (Wildman–Crippen LogP) is 1.83. The van der Waals surface area contributed by atoms with E-state index in [0.29, 0.717) is 12.3 Å². The van der Waals surface area contributed by atoms with Gasteiger partial charge in [0.1, 0.15) is 5.76 Å². The van der Waals surface area contributed by atoms with E-state index in [0.717, 1.165) is 6.42 Å². The molecule has 2 aromatic rings. The van der Waals surface area contributed by atoms with Crippen LogP contribution in [-0.2, 0) is 26.1 Å². The zero-order valence-corrected chi connectivity index (χ0v) is 15.9. The molecule has 1 aromatic carbocycles. The number of amides is 1. The van der Waals surface area contributed by atoms with Gasteiger partial charge < -0.3 is 14.5 Å². The lowest BCUT2D eigenvalue weighted by atomic mass is 10.2. The molecule has 146 valence electrons. The molecule has 2 N–H and O–H groups in total. The lowest BCUT2D eigenvalue weighted by Crippen LogP contribution is -2.36. The van der Waals surface area contributed by atoms with Crippen LogP contribution in [0.3, 0.4) is 0 Å². The zero-order chi connectivity index (χ0) is 19.9. The molecular formula is C18H22N2O6S. The number of nitrogens with one attached hydrogen (secondary N) is 2. The van der Waals surface area contributed by atoms with Gasteiger partial charge in [-0.25, -0.2) is 17.9 Å². The van der Waals surface area contributed by atoms with Crippen molar-refractivity contribution >= 4 is 21.9 Å². The summed E-state index contributed by atoms with van der Waals surface area (Å²) in [7, 11) is -3.85. The van der Waals surface area contributed by atoms with E-state index in [4.69, 9.17) is 9.15 Å². The quantitative estimate of drug-likeness (QED) is 0.627. The molecule has 0 aliphatic rings. The number of hydrogen-bond donors (Lipinski definition) is 2. The fraction of sp³-hybridized carbons (Fsp3) is 0.333. The Kier molecular flexibility index (Phi) is 7.14. The third-order valence-corrected chi connectivity index (χ3v) is 5.00. The monoisotopic (exact) mass is 394 g/mol. The van der Waals surface area contributed by atoms with Gasteiger partial charge in [0.2, 0.25) is 10.0 Å². The molecule has 0 saturated carbocycles. The number of furan rings is 1. The number of sulfonamides is 1. The molecule has 0 unspecified atom stereocenters. The summed E-state index contributed by atoms with van der Waals surface area (Å²) in [6.45, 7) is 3.83. The van der Waals surface area contributed by atoms with Crippen LogP contribution in [0.1, 0.15) is 36.4 Å². The third-order valence-electron chi connectivity index (χ3n) is 3.60. The molecule has 0 spiro atoms. The summed E-state index contributed by atoms with van der Waals surface area (Å²) >= 11 is 0. The van der Waals surface area contributed by atoms with E-state index in [1.807, 2.05) is 6.92 Å². The highest BCUT2D eigenvalue weighted by Gasteiger charge is 2.21. The second-order valence-electron chi connectivity index (χ2n) is 5.77. The zero-order valence-electron chi connectivity index (χ0n) is 15.1. The van der Waals surface area contributed by atoms with Crippen molar-refractivity contribution in [3.63, 3.8) is 0 Å². The van der Waals surface area contributed by atoms with Gasteiger partial charge in [0, 0.05) is 6.54 Å². The molecule has 0 radical (unpaired) electrons. The van der Waals surface area contributed by atoms with Gasteiger partial charge in [-0.2, -0.15) is 0 Å². The minimum Gasteiger partial charge on any atom is -0.468 e. The van der Waals surface area contributed by atoms with E-state index in [9.17, 15) is 18.0 Å². The van der Waals surface area contributed by atoms with Gasteiger partial charge in [-0.1, -0.05) is 13.0 Å². The molecule has 0 fully saturated rings. The lowest BCUT2D eigenvalue weighted by molar-refractivity contribution is -0.129. The Balaban J connectivity index is 2.05. The van der Waals surface area contributed by atoms with Crippen LogP contribution in [0.25, 0.3) is 0 Å². The highest BCUT2D eigenvalue weighted by Crippen LogP contribution is 2.14. The van der Waals surface area contributed by atoms with Crippen molar-refractivity contribution in [2.75, 3.05) is 6.54 Å². The molecule has 0 saturated heterocycles. The third kappa shape index (κ3) is 5.93. The molecule has 0 aliphatic carbocycles. The number of esters is 1. The van der Waals surface area contributed by atoms with Crippen LogP contribution in [0.4, 0.5) is 0 Å². The number of benzene rings is 1. The Morgan fingerprint density at radius 3 is 2.67 bits per heavy atom. The van der Waals surface area contributed by atoms with Crippen LogP contribution in [0.5, 0.6) is 0 Å². The maximum Gasteiger partial charge on any atom is 0.338 e. The molecule has 1 atom stereocenters. The normalized spacial score (nSPS) is 12.4. The molecule has 0 bridgehead atoms. The standard InChI is InChI=1S/C18H22N2O6S/c1-3-9-19-17(21)13(2)26-18(22)14-6-4-8-16(11-14)27(23,24)20-12-15-7-5-10-25-15/h4-8,10-11,13,20H,3,9,12H2,1-2H3,(H,19,21)/t13-/m1/s1. The van der Waals surface area contributed by atoms with E-state index in [1.165, 1.54) is 37.5 Å². The van der Waals surface area contributed by atoms with Gasteiger partial charge in [-0.3, -0.25) is 4.79 Å². The molecular weight excluding hydrogens is 372 g/mol. The van der Waals surface area contributed by atoms with Crippen LogP contribution in [0, 0.1) is 0 Å². The first-order chi connectivity index (χ1) is 12.8. The molecule has 2 rings (SSSR count). The average molecular weight is 394 g/mol. The maximum absolute atomic E-state index is 12.4. The van der Waals surface area contributed by atoms with Gasteiger partial charge in [-0.05, 0) is 43.7 Å². The number of carbonyl (C=O) groups excluding carboxylic acids is 2. The van der Waals surface area contributed by atoms with E-state index in [1.54, 1.807) is 12.1 Å². The lowest BCUT2D eigenvalue weighted by Gasteiger charge is -2.13. The van der Waals surface area contributed by atoms with E-state index < -0.39 is 28.0 Å². The molecule has 1 heterocycles. The summed E-state index contributed by atoms with van der Waals surface area (Å²) in [4.78, 5) is 23.9.